The Morgan fingerprint density at radius 2 is 1.82 bits per heavy atom. The van der Waals surface area contributed by atoms with Crippen LogP contribution in [0.3, 0.4) is 0 Å². The average molecular weight is 390 g/mol. The summed E-state index contributed by atoms with van der Waals surface area (Å²) >= 11 is 5.84. The summed E-state index contributed by atoms with van der Waals surface area (Å²) in [5, 5.41) is 6.68. The molecule has 1 aliphatic heterocycles. The number of thiocarbonyl (C=S) groups is 1. The van der Waals surface area contributed by atoms with E-state index in [-0.39, 0.29) is 0 Å². The number of rotatable bonds is 1. The van der Waals surface area contributed by atoms with Crippen molar-refractivity contribution in [1.29, 1.82) is 0 Å². The van der Waals surface area contributed by atoms with Gasteiger partial charge in [-0.2, -0.15) is 0 Å². The molecule has 0 amide bonds. The third kappa shape index (κ3) is 3.14. The van der Waals surface area contributed by atoms with Crippen LogP contribution < -0.4 is 5.32 Å². The fourth-order valence-electron chi connectivity index (χ4n) is 5.74. The molecular weight excluding hydrogens is 362 g/mol. The Balaban J connectivity index is 1.40. The van der Waals surface area contributed by atoms with Crippen LogP contribution in [0.25, 0.3) is 21.8 Å². The summed E-state index contributed by atoms with van der Waals surface area (Å²) in [4.78, 5) is 7.26. The highest BCUT2D eigenvalue weighted by atomic mass is 32.1. The first kappa shape index (κ1) is 17.9. The van der Waals surface area contributed by atoms with Gasteiger partial charge in [-0.1, -0.05) is 45.0 Å². The molecule has 1 saturated carbocycles. The van der Waals surface area contributed by atoms with Crippen LogP contribution in [0.15, 0.2) is 48.5 Å². The van der Waals surface area contributed by atoms with Crippen molar-refractivity contribution in [2.75, 3.05) is 11.9 Å². The van der Waals surface area contributed by atoms with Crippen LogP contribution >= 0.6 is 12.2 Å². The van der Waals surface area contributed by atoms with E-state index in [4.69, 9.17) is 17.2 Å². The van der Waals surface area contributed by atoms with Gasteiger partial charge in [-0.05, 0) is 66.6 Å². The van der Waals surface area contributed by atoms with E-state index in [1.807, 2.05) is 6.07 Å². The predicted molar refractivity (Wildman–Crippen MR) is 122 cm³/mol. The second-order valence-corrected chi connectivity index (χ2v) is 10.2. The molecule has 1 aromatic heterocycles. The molecule has 2 atom stereocenters. The number of hydrogen-bond acceptors (Lipinski definition) is 2. The zero-order chi connectivity index (χ0) is 19.5. The zero-order valence-corrected chi connectivity index (χ0v) is 17.6. The smallest absolute Gasteiger partial charge is 0.173 e. The Kier molecular flexibility index (Phi) is 3.92. The van der Waals surface area contributed by atoms with Crippen LogP contribution in [0.2, 0.25) is 0 Å². The van der Waals surface area contributed by atoms with Crippen LogP contribution in [0.4, 0.5) is 5.69 Å². The summed E-state index contributed by atoms with van der Waals surface area (Å²) in [6.45, 7) is 8.28. The Morgan fingerprint density at radius 3 is 2.68 bits per heavy atom. The largest absolute Gasteiger partial charge is 0.345 e. The summed E-state index contributed by atoms with van der Waals surface area (Å²) in [7, 11) is 0. The monoisotopic (exact) mass is 389 g/mol. The number of hydrogen-bond donors (Lipinski definition) is 1. The van der Waals surface area contributed by atoms with Crippen molar-refractivity contribution < 1.29 is 0 Å². The highest BCUT2D eigenvalue weighted by molar-refractivity contribution is 7.80. The first-order chi connectivity index (χ1) is 13.3. The number of pyridine rings is 1. The van der Waals surface area contributed by atoms with Crippen LogP contribution in [-0.4, -0.2) is 27.6 Å². The highest BCUT2D eigenvalue weighted by Crippen LogP contribution is 2.52. The lowest BCUT2D eigenvalue weighted by molar-refractivity contribution is 0.132. The van der Waals surface area contributed by atoms with Gasteiger partial charge in [0.1, 0.15) is 0 Å². The van der Waals surface area contributed by atoms with E-state index in [1.54, 1.807) is 0 Å². The predicted octanol–water partition coefficient (Wildman–Crippen LogP) is 5.99. The maximum absolute atomic E-state index is 5.84. The lowest BCUT2D eigenvalue weighted by Gasteiger charge is -2.39. The van der Waals surface area contributed by atoms with Crippen LogP contribution in [0.1, 0.15) is 40.0 Å². The lowest BCUT2D eigenvalue weighted by Crippen LogP contribution is -2.39. The first-order valence-corrected chi connectivity index (χ1v) is 10.6. The molecule has 3 aromatic rings. The summed E-state index contributed by atoms with van der Waals surface area (Å²) in [5.41, 5.74) is 3.82. The van der Waals surface area contributed by atoms with E-state index in [9.17, 15) is 0 Å². The van der Waals surface area contributed by atoms with Crippen molar-refractivity contribution in [3.63, 3.8) is 0 Å². The second kappa shape index (κ2) is 6.15. The Labute approximate surface area is 172 Å². The summed E-state index contributed by atoms with van der Waals surface area (Å²) in [6.07, 6.45) is 3.75. The second-order valence-electron chi connectivity index (χ2n) is 9.86. The lowest BCUT2D eigenvalue weighted by atomic mass is 9.65. The van der Waals surface area contributed by atoms with Crippen LogP contribution in [0.5, 0.6) is 0 Å². The number of anilines is 1. The van der Waals surface area contributed by atoms with Gasteiger partial charge in [0.2, 0.25) is 0 Å². The number of fused-ring (bicyclic) bond motifs is 4. The van der Waals surface area contributed by atoms with Gasteiger partial charge in [0.25, 0.3) is 0 Å². The molecule has 2 heterocycles. The van der Waals surface area contributed by atoms with Crippen LogP contribution in [-0.2, 0) is 0 Å². The molecule has 0 radical (unpaired) electrons. The quantitative estimate of drug-likeness (QED) is 0.409. The third-order valence-electron chi connectivity index (χ3n) is 6.45. The molecule has 5 rings (SSSR count). The van der Waals surface area contributed by atoms with E-state index >= 15 is 0 Å². The van der Waals surface area contributed by atoms with Gasteiger partial charge in [0.15, 0.2) is 5.11 Å². The van der Waals surface area contributed by atoms with Gasteiger partial charge in [-0.25, -0.2) is 4.98 Å². The third-order valence-corrected chi connectivity index (χ3v) is 6.78. The molecule has 4 heteroatoms. The van der Waals surface area contributed by atoms with E-state index in [0.29, 0.717) is 16.9 Å². The molecule has 2 aromatic carbocycles. The molecule has 1 saturated heterocycles. The topological polar surface area (TPSA) is 28.2 Å². The SMILES string of the molecule is CC1(C)C[C@H]2C[C@@](C)(CN2C(=S)Nc2ccc3cc4ccccc4nc3c2)C1. The van der Waals surface area contributed by atoms with Crippen molar-refractivity contribution in [2.24, 2.45) is 10.8 Å². The van der Waals surface area contributed by atoms with E-state index in [0.717, 1.165) is 33.8 Å². The van der Waals surface area contributed by atoms with Crippen molar-refractivity contribution in [3.05, 3.63) is 48.5 Å². The molecule has 2 fully saturated rings. The Morgan fingerprint density at radius 1 is 1.04 bits per heavy atom. The summed E-state index contributed by atoms with van der Waals surface area (Å²) in [5.74, 6) is 0. The number of nitrogens with zero attached hydrogens (tertiary/aromatic N) is 2. The van der Waals surface area contributed by atoms with E-state index in [1.165, 1.54) is 24.6 Å². The first-order valence-electron chi connectivity index (χ1n) is 10.2. The van der Waals surface area contributed by atoms with Gasteiger partial charge < -0.3 is 10.2 Å². The molecule has 144 valence electrons. The average Bonchev–Trinajstić information content (AvgIpc) is 2.88. The minimum Gasteiger partial charge on any atom is -0.345 e. The molecule has 3 nitrogen and oxygen atoms in total. The zero-order valence-electron chi connectivity index (χ0n) is 16.8. The molecular formula is C24H27N3S. The number of aromatic nitrogens is 1. The van der Waals surface area contributed by atoms with Gasteiger partial charge in [0, 0.05) is 29.0 Å². The van der Waals surface area contributed by atoms with Crippen molar-refractivity contribution in [2.45, 2.75) is 46.1 Å². The molecule has 2 bridgehead atoms. The van der Waals surface area contributed by atoms with Gasteiger partial charge >= 0.3 is 0 Å². The standard InChI is InChI=1S/C24H27N3S/c1-23(2)12-19-13-24(3,14-23)15-27(19)22(28)25-18-9-8-17-10-16-6-4-5-7-20(16)26-21(17)11-18/h4-11,19H,12-15H2,1-3H3,(H,25,28)/t19-,24+/m0/s1. The van der Waals surface area contributed by atoms with E-state index in [2.05, 4.69) is 73.5 Å². The molecule has 0 spiro atoms. The fourth-order valence-corrected chi connectivity index (χ4v) is 6.07. The molecule has 28 heavy (non-hydrogen) atoms. The van der Waals surface area contributed by atoms with Crippen molar-refractivity contribution >= 4 is 44.8 Å². The summed E-state index contributed by atoms with van der Waals surface area (Å²) < 4.78 is 0. The fraction of sp³-hybridized carbons (Fsp3) is 0.417. The van der Waals surface area contributed by atoms with Crippen LogP contribution in [0, 0.1) is 10.8 Å². The van der Waals surface area contributed by atoms with Crippen molar-refractivity contribution in [3.8, 4) is 0 Å². The number of benzene rings is 2. The summed E-state index contributed by atoms with van der Waals surface area (Å²) in [6, 6.07) is 17.4. The highest BCUT2D eigenvalue weighted by Gasteiger charge is 2.50. The Hall–Kier alpha value is -2.20. The minimum atomic E-state index is 0.377. The minimum absolute atomic E-state index is 0.377. The van der Waals surface area contributed by atoms with Gasteiger partial charge in [-0.15, -0.1) is 0 Å². The van der Waals surface area contributed by atoms with E-state index < -0.39 is 0 Å². The number of para-hydroxylation sites is 1. The normalized spacial score (nSPS) is 26.0. The Bertz CT molecular complexity index is 1090. The maximum atomic E-state index is 5.84. The molecule has 1 aliphatic carbocycles. The number of nitrogens with one attached hydrogen (secondary N) is 1. The maximum Gasteiger partial charge on any atom is 0.173 e. The number of likely N-dealkylation sites (tertiary alicyclic amines) is 1. The molecule has 1 N–H and O–H groups in total. The van der Waals surface area contributed by atoms with Gasteiger partial charge in [-0.3, -0.25) is 0 Å². The molecule has 2 aliphatic rings. The van der Waals surface area contributed by atoms with Gasteiger partial charge in [0.05, 0.1) is 11.0 Å². The van der Waals surface area contributed by atoms with Crippen molar-refractivity contribution in [1.82, 2.24) is 9.88 Å². The molecule has 0 unspecified atom stereocenters.